The fourth-order valence-corrected chi connectivity index (χ4v) is 5.07. The molecule has 3 fully saturated rings. The minimum absolute atomic E-state index is 0.761. The Kier molecular flexibility index (Phi) is 10.0. The lowest BCUT2D eigenvalue weighted by atomic mass is 9.96. The summed E-state index contributed by atoms with van der Waals surface area (Å²) < 4.78 is 24.7. The van der Waals surface area contributed by atoms with Crippen LogP contribution in [0.2, 0.25) is 0 Å². The van der Waals surface area contributed by atoms with Gasteiger partial charge in [-0.1, -0.05) is 0 Å². The third kappa shape index (κ3) is 5.76. The summed E-state index contributed by atoms with van der Waals surface area (Å²) in [5, 5.41) is 110. The first kappa shape index (κ1) is 29.6. The van der Waals surface area contributed by atoms with Gasteiger partial charge in [0.2, 0.25) is 0 Å². The zero-order valence-corrected chi connectivity index (χ0v) is 20.2. The third-order valence-electron chi connectivity index (χ3n) is 6.15. The van der Waals surface area contributed by atoms with E-state index in [2.05, 4.69) is 0 Å². The molecule has 0 aromatic carbocycles. The molecular formula is C18H31IO16. The zero-order valence-electron chi connectivity index (χ0n) is 18.0. The van der Waals surface area contributed by atoms with Gasteiger partial charge in [0, 0.05) is 0 Å². The number of hydrogen-bond acceptors (Lipinski definition) is 16. The molecule has 0 aromatic heterocycles. The lowest BCUT2D eigenvalue weighted by Crippen LogP contribution is -2.68. The minimum Gasteiger partial charge on any atom is -0.394 e. The molecule has 0 amide bonds. The maximum Gasteiger partial charge on any atom is 0.251 e. The molecule has 16 nitrogen and oxygen atoms in total. The van der Waals surface area contributed by atoms with Gasteiger partial charge in [0.1, 0.15) is 73.2 Å². The van der Waals surface area contributed by atoms with Crippen molar-refractivity contribution in [1.82, 2.24) is 0 Å². The van der Waals surface area contributed by atoms with Crippen molar-refractivity contribution in [3.05, 3.63) is 0 Å². The van der Waals surface area contributed by atoms with Crippen LogP contribution >= 0.6 is 22.6 Å². The van der Waals surface area contributed by atoms with E-state index < -0.39 is 109 Å². The zero-order chi connectivity index (χ0) is 26.2. The number of ether oxygens (including phenoxy) is 5. The summed E-state index contributed by atoms with van der Waals surface area (Å²) in [6, 6.07) is 0. The predicted octanol–water partition coefficient (Wildman–Crippen LogP) is -6.81. The molecule has 3 aliphatic rings. The maximum absolute atomic E-state index is 10.7. The lowest BCUT2D eigenvalue weighted by Gasteiger charge is -2.50. The fraction of sp³-hybridized carbons (Fsp3) is 1.00. The van der Waals surface area contributed by atoms with Crippen molar-refractivity contribution >= 4 is 22.6 Å². The van der Waals surface area contributed by atoms with E-state index in [1.807, 2.05) is 0 Å². The standard InChI is InChI=1S/C18H31IO16/c19-18(15(29)10(26)7(23)4(1-20)34-18)35-14-6(3-22)32-17(12(28)9(14)25)33-13-5(2-21)31-16(30)11(27)8(13)24/h4-17,20-30H,1-3H2/t4-,5-,6-,7-,8-,9-,10+,11-,12-,13-,14-,15-,16+,17?,18?/m1/s1. The van der Waals surface area contributed by atoms with Crippen LogP contribution in [0.5, 0.6) is 0 Å². The molecule has 3 saturated heterocycles. The van der Waals surface area contributed by atoms with E-state index >= 15 is 0 Å². The molecule has 3 heterocycles. The van der Waals surface area contributed by atoms with Crippen molar-refractivity contribution in [2.75, 3.05) is 19.8 Å². The molecule has 0 spiro atoms. The average Bonchev–Trinajstić information content (AvgIpc) is 2.84. The Balaban J connectivity index is 1.76. The molecule has 17 heteroatoms. The molecule has 0 aromatic rings. The van der Waals surface area contributed by atoms with Gasteiger partial charge < -0.3 is 79.9 Å². The van der Waals surface area contributed by atoms with Crippen LogP contribution in [0.15, 0.2) is 0 Å². The lowest BCUT2D eigenvalue weighted by molar-refractivity contribution is -0.381. The molecule has 3 aliphatic heterocycles. The SMILES string of the molecule is OC[C@H]1OC(I)(O[C@H]2[C@H](O)[C@@H](O)C(O[C@H]3[C@H](O)[C@@H](O)[C@@H](O)O[C@@H]3CO)O[C@@H]2CO)[C@H](O)[C@@H](O)[C@@H]1O. The van der Waals surface area contributed by atoms with Crippen molar-refractivity contribution in [2.24, 2.45) is 0 Å². The highest BCUT2D eigenvalue weighted by Crippen LogP contribution is 2.40. The summed E-state index contributed by atoms with van der Waals surface area (Å²) in [7, 11) is 0. The predicted molar refractivity (Wildman–Crippen MR) is 114 cm³/mol. The van der Waals surface area contributed by atoms with Gasteiger partial charge in [-0.25, -0.2) is 0 Å². The molecule has 0 aliphatic carbocycles. The van der Waals surface area contributed by atoms with Gasteiger partial charge in [-0.3, -0.25) is 0 Å². The smallest absolute Gasteiger partial charge is 0.251 e. The Morgan fingerprint density at radius 2 is 1.17 bits per heavy atom. The van der Waals surface area contributed by atoms with E-state index in [1.54, 1.807) is 0 Å². The van der Waals surface area contributed by atoms with Gasteiger partial charge in [0.15, 0.2) is 12.6 Å². The Bertz CT molecular complexity index is 685. The topological polar surface area (TPSA) is 269 Å². The Morgan fingerprint density at radius 3 is 1.74 bits per heavy atom. The van der Waals surface area contributed by atoms with E-state index in [9.17, 15) is 56.2 Å². The van der Waals surface area contributed by atoms with Crippen LogP contribution in [0, 0.1) is 0 Å². The van der Waals surface area contributed by atoms with E-state index in [0.29, 0.717) is 0 Å². The maximum atomic E-state index is 10.7. The van der Waals surface area contributed by atoms with Gasteiger partial charge >= 0.3 is 0 Å². The summed E-state index contributed by atoms with van der Waals surface area (Å²) in [5.74, 6) is 0. The molecule has 0 saturated carbocycles. The largest absolute Gasteiger partial charge is 0.394 e. The summed E-state index contributed by atoms with van der Waals surface area (Å²) >= 11 is 1.42. The Hall–Kier alpha value is 0.0900. The third-order valence-corrected chi connectivity index (χ3v) is 7.29. The van der Waals surface area contributed by atoms with Crippen LogP contribution in [-0.4, -0.2) is 166 Å². The van der Waals surface area contributed by atoms with Crippen molar-refractivity contribution in [3.63, 3.8) is 0 Å². The number of alkyl halides is 1. The molecule has 11 N–H and O–H groups in total. The van der Waals surface area contributed by atoms with Crippen molar-refractivity contribution in [3.8, 4) is 0 Å². The molecule has 2 unspecified atom stereocenters. The first-order valence-corrected chi connectivity index (χ1v) is 11.8. The average molecular weight is 630 g/mol. The quantitative estimate of drug-likeness (QED) is 0.0922. The van der Waals surface area contributed by atoms with E-state index in [1.165, 1.54) is 22.6 Å². The normalized spacial score (nSPS) is 53.5. The molecular weight excluding hydrogens is 599 g/mol. The minimum atomic E-state index is -2.17. The van der Waals surface area contributed by atoms with Crippen molar-refractivity contribution < 1.29 is 79.9 Å². The second-order valence-corrected chi connectivity index (χ2v) is 9.97. The van der Waals surface area contributed by atoms with Gasteiger partial charge in [0.25, 0.3) is 3.79 Å². The van der Waals surface area contributed by atoms with Gasteiger partial charge in [-0.05, 0) is 22.6 Å². The summed E-state index contributed by atoms with van der Waals surface area (Å²) in [5.41, 5.74) is 0. The van der Waals surface area contributed by atoms with Gasteiger partial charge in [-0.2, -0.15) is 0 Å². The van der Waals surface area contributed by atoms with Crippen LogP contribution in [0.3, 0.4) is 0 Å². The first-order chi connectivity index (χ1) is 16.4. The summed E-state index contributed by atoms with van der Waals surface area (Å²) in [6.07, 6.45) is -23.8. The second kappa shape index (κ2) is 11.9. The number of rotatable bonds is 7. The van der Waals surface area contributed by atoms with Gasteiger partial charge in [0.05, 0.1) is 19.8 Å². The van der Waals surface area contributed by atoms with Crippen LogP contribution in [0.1, 0.15) is 0 Å². The monoisotopic (exact) mass is 630 g/mol. The van der Waals surface area contributed by atoms with E-state index in [0.717, 1.165) is 0 Å². The molecule has 15 atom stereocenters. The van der Waals surface area contributed by atoms with Crippen LogP contribution < -0.4 is 0 Å². The molecule has 35 heavy (non-hydrogen) atoms. The highest BCUT2D eigenvalue weighted by molar-refractivity contribution is 14.1. The number of aliphatic hydroxyl groups excluding tert-OH is 11. The van der Waals surface area contributed by atoms with Crippen molar-refractivity contribution in [1.29, 1.82) is 0 Å². The van der Waals surface area contributed by atoms with Gasteiger partial charge in [-0.15, -0.1) is 0 Å². The van der Waals surface area contributed by atoms with Crippen LogP contribution in [-0.2, 0) is 23.7 Å². The number of hydrogen-bond donors (Lipinski definition) is 11. The highest BCUT2D eigenvalue weighted by atomic mass is 127. The first-order valence-electron chi connectivity index (χ1n) is 10.7. The number of halogens is 1. The molecule has 206 valence electrons. The highest BCUT2D eigenvalue weighted by Gasteiger charge is 2.58. The Morgan fingerprint density at radius 1 is 0.629 bits per heavy atom. The number of aliphatic hydroxyl groups is 11. The van der Waals surface area contributed by atoms with Crippen LogP contribution in [0.4, 0.5) is 0 Å². The molecule has 0 bridgehead atoms. The Labute approximate surface area is 211 Å². The van der Waals surface area contributed by atoms with Crippen LogP contribution in [0.25, 0.3) is 0 Å². The molecule has 0 radical (unpaired) electrons. The van der Waals surface area contributed by atoms with E-state index in [-0.39, 0.29) is 0 Å². The second-order valence-electron chi connectivity index (χ2n) is 8.47. The van der Waals surface area contributed by atoms with Crippen molar-refractivity contribution in [2.45, 2.75) is 89.6 Å². The molecule has 3 rings (SSSR count). The van der Waals surface area contributed by atoms with E-state index in [4.69, 9.17) is 23.7 Å². The fourth-order valence-electron chi connectivity index (χ4n) is 4.09. The summed E-state index contributed by atoms with van der Waals surface area (Å²) in [6.45, 7) is -2.36. The summed E-state index contributed by atoms with van der Waals surface area (Å²) in [4.78, 5) is 0.